The Hall–Kier alpha value is -3.22. The summed E-state index contributed by atoms with van der Waals surface area (Å²) in [6.45, 7) is 1.88. The topological polar surface area (TPSA) is 79.8 Å². The van der Waals surface area contributed by atoms with Crippen molar-refractivity contribution in [2.24, 2.45) is 5.10 Å². The molecule has 0 saturated heterocycles. The normalized spacial score (nSPS) is 11.8. The summed E-state index contributed by atoms with van der Waals surface area (Å²) in [6, 6.07) is 14.1. The summed E-state index contributed by atoms with van der Waals surface area (Å²) >= 11 is 0. The summed E-state index contributed by atoms with van der Waals surface area (Å²) in [5, 5.41) is 6.37. The van der Waals surface area contributed by atoms with Gasteiger partial charge in [0.25, 0.3) is 5.91 Å². The van der Waals surface area contributed by atoms with Crippen LogP contribution in [0, 0.1) is 5.82 Å². The third-order valence-corrected chi connectivity index (χ3v) is 3.43. The van der Waals surface area contributed by atoms with Crippen LogP contribution in [0.3, 0.4) is 0 Å². The monoisotopic (exact) mass is 357 g/mol. The van der Waals surface area contributed by atoms with Crippen molar-refractivity contribution < 1.29 is 18.7 Å². The van der Waals surface area contributed by atoms with Gasteiger partial charge in [-0.2, -0.15) is 5.10 Å². The lowest BCUT2D eigenvalue weighted by molar-refractivity contribution is -0.123. The molecule has 7 heteroatoms. The van der Waals surface area contributed by atoms with Crippen molar-refractivity contribution in [3.8, 4) is 0 Å². The molecule has 26 heavy (non-hydrogen) atoms. The first-order valence-electron chi connectivity index (χ1n) is 8.14. The van der Waals surface area contributed by atoms with E-state index < -0.39 is 18.0 Å². The van der Waals surface area contributed by atoms with Crippen molar-refractivity contribution >= 4 is 18.2 Å². The molecule has 2 aromatic rings. The van der Waals surface area contributed by atoms with Crippen LogP contribution in [0.25, 0.3) is 0 Å². The van der Waals surface area contributed by atoms with Crippen LogP contribution in [0.1, 0.15) is 18.1 Å². The van der Waals surface area contributed by atoms with E-state index >= 15 is 0 Å². The maximum atomic E-state index is 12.9. The van der Waals surface area contributed by atoms with Crippen LogP contribution in [0.15, 0.2) is 59.7 Å². The van der Waals surface area contributed by atoms with E-state index in [0.29, 0.717) is 5.56 Å². The molecule has 6 nitrogen and oxygen atoms in total. The summed E-state index contributed by atoms with van der Waals surface area (Å²) in [5.41, 5.74) is 3.89. The number of rotatable bonds is 7. The number of benzene rings is 2. The van der Waals surface area contributed by atoms with Crippen LogP contribution in [0.4, 0.5) is 9.18 Å². The summed E-state index contributed by atoms with van der Waals surface area (Å²) in [6.07, 6.45) is 1.00. The number of hydrogen-bond donors (Lipinski definition) is 2. The van der Waals surface area contributed by atoms with E-state index in [1.54, 1.807) is 6.92 Å². The van der Waals surface area contributed by atoms with Gasteiger partial charge in [0.1, 0.15) is 11.9 Å². The minimum absolute atomic E-state index is 0.203. The Morgan fingerprint density at radius 1 is 1.15 bits per heavy atom. The van der Waals surface area contributed by atoms with Crippen molar-refractivity contribution in [2.75, 3.05) is 6.61 Å². The number of hydrogen-bond acceptors (Lipinski definition) is 4. The first-order chi connectivity index (χ1) is 12.6. The Labute approximate surface area is 151 Å². The van der Waals surface area contributed by atoms with E-state index in [0.717, 1.165) is 5.56 Å². The van der Waals surface area contributed by atoms with Crippen molar-refractivity contribution in [2.45, 2.75) is 19.4 Å². The van der Waals surface area contributed by atoms with Crippen LogP contribution in [0.5, 0.6) is 0 Å². The molecular formula is C19H20FN3O3. The average Bonchev–Trinajstić information content (AvgIpc) is 2.64. The van der Waals surface area contributed by atoms with Gasteiger partial charge in [-0.15, -0.1) is 0 Å². The summed E-state index contributed by atoms with van der Waals surface area (Å²) < 4.78 is 17.7. The fourth-order valence-electron chi connectivity index (χ4n) is 2.17. The quantitative estimate of drug-likeness (QED) is 0.590. The number of nitrogens with zero attached hydrogens (tertiary/aromatic N) is 1. The molecular weight excluding hydrogens is 337 g/mol. The van der Waals surface area contributed by atoms with Gasteiger partial charge in [0.05, 0.1) is 12.8 Å². The van der Waals surface area contributed by atoms with Gasteiger partial charge in [-0.05, 0) is 30.2 Å². The molecule has 2 rings (SSSR count). The molecule has 2 amide bonds. The minimum atomic E-state index is -0.846. The number of amides is 2. The van der Waals surface area contributed by atoms with Crippen LogP contribution < -0.4 is 10.7 Å². The summed E-state index contributed by atoms with van der Waals surface area (Å²) in [7, 11) is 0. The highest BCUT2D eigenvalue weighted by Gasteiger charge is 2.21. The molecule has 0 bridgehead atoms. The van der Waals surface area contributed by atoms with Crippen LogP contribution in [-0.2, 0) is 16.0 Å². The molecule has 2 N–H and O–H groups in total. The van der Waals surface area contributed by atoms with Gasteiger partial charge in [0, 0.05) is 6.42 Å². The lowest BCUT2D eigenvalue weighted by Crippen LogP contribution is -2.47. The second kappa shape index (κ2) is 9.93. The van der Waals surface area contributed by atoms with Gasteiger partial charge >= 0.3 is 6.09 Å². The predicted molar refractivity (Wildman–Crippen MR) is 96.2 cm³/mol. The fraction of sp³-hybridized carbons (Fsp3) is 0.211. The zero-order valence-electron chi connectivity index (χ0n) is 14.3. The van der Waals surface area contributed by atoms with E-state index in [1.165, 1.54) is 30.5 Å². The number of hydrazone groups is 1. The molecule has 2 aromatic carbocycles. The SMILES string of the molecule is CCOC(=O)N[C@H](Cc1ccccc1)C(=O)N/N=C\c1ccc(F)cc1. The second-order valence-corrected chi connectivity index (χ2v) is 5.39. The van der Waals surface area contributed by atoms with Crippen LogP contribution in [0.2, 0.25) is 0 Å². The molecule has 1 atom stereocenters. The molecule has 0 aromatic heterocycles. The molecule has 0 saturated carbocycles. The van der Waals surface area contributed by atoms with Gasteiger partial charge in [0.15, 0.2) is 0 Å². The fourth-order valence-corrected chi connectivity index (χ4v) is 2.17. The Morgan fingerprint density at radius 3 is 2.50 bits per heavy atom. The zero-order chi connectivity index (χ0) is 18.8. The molecule has 0 heterocycles. The second-order valence-electron chi connectivity index (χ2n) is 5.39. The highest BCUT2D eigenvalue weighted by Crippen LogP contribution is 2.04. The Morgan fingerprint density at radius 2 is 1.85 bits per heavy atom. The van der Waals surface area contributed by atoms with Crippen molar-refractivity contribution in [1.82, 2.24) is 10.7 Å². The number of carbonyl (C=O) groups is 2. The standard InChI is InChI=1S/C19H20FN3O3/c1-2-26-19(25)22-17(12-14-6-4-3-5-7-14)18(24)23-21-13-15-8-10-16(20)11-9-15/h3-11,13,17H,2,12H2,1H3,(H,22,25)(H,23,24)/b21-13-/t17-/m1/s1. The number of halogens is 1. The Kier molecular flexibility index (Phi) is 7.30. The predicted octanol–water partition coefficient (Wildman–Crippen LogP) is 2.63. The first kappa shape index (κ1) is 19.1. The molecule has 136 valence electrons. The van der Waals surface area contributed by atoms with Gasteiger partial charge in [-0.1, -0.05) is 42.5 Å². The third-order valence-electron chi connectivity index (χ3n) is 3.43. The van der Waals surface area contributed by atoms with Gasteiger partial charge in [-0.3, -0.25) is 4.79 Å². The van der Waals surface area contributed by atoms with Crippen LogP contribution >= 0.6 is 0 Å². The Bertz CT molecular complexity index is 748. The highest BCUT2D eigenvalue weighted by molar-refractivity contribution is 5.87. The molecule has 0 radical (unpaired) electrons. The Balaban J connectivity index is 2.01. The van der Waals surface area contributed by atoms with E-state index in [1.807, 2.05) is 30.3 Å². The van der Waals surface area contributed by atoms with E-state index in [4.69, 9.17) is 4.74 Å². The third kappa shape index (κ3) is 6.35. The van der Waals surface area contributed by atoms with Crippen molar-refractivity contribution in [3.63, 3.8) is 0 Å². The largest absolute Gasteiger partial charge is 0.450 e. The minimum Gasteiger partial charge on any atom is -0.450 e. The highest BCUT2D eigenvalue weighted by atomic mass is 19.1. The maximum Gasteiger partial charge on any atom is 0.407 e. The van der Waals surface area contributed by atoms with Gasteiger partial charge < -0.3 is 10.1 Å². The molecule has 0 spiro atoms. The number of carbonyl (C=O) groups excluding carboxylic acids is 2. The number of nitrogens with one attached hydrogen (secondary N) is 2. The molecule has 0 aliphatic rings. The molecule has 0 aliphatic carbocycles. The average molecular weight is 357 g/mol. The lowest BCUT2D eigenvalue weighted by Gasteiger charge is -2.16. The summed E-state index contributed by atoms with van der Waals surface area (Å²) in [4.78, 5) is 24.1. The number of ether oxygens (including phenoxy) is 1. The number of alkyl carbamates (subject to hydrolysis) is 1. The maximum absolute atomic E-state index is 12.9. The molecule has 0 aliphatic heterocycles. The van der Waals surface area contributed by atoms with E-state index in [9.17, 15) is 14.0 Å². The van der Waals surface area contributed by atoms with Crippen LogP contribution in [-0.4, -0.2) is 30.9 Å². The zero-order valence-corrected chi connectivity index (χ0v) is 14.3. The van der Waals surface area contributed by atoms with Gasteiger partial charge in [-0.25, -0.2) is 14.6 Å². The van der Waals surface area contributed by atoms with Gasteiger partial charge in [0.2, 0.25) is 0 Å². The van der Waals surface area contributed by atoms with E-state index in [-0.39, 0.29) is 18.8 Å². The molecule has 0 fully saturated rings. The molecule has 0 unspecified atom stereocenters. The lowest BCUT2D eigenvalue weighted by atomic mass is 10.1. The first-order valence-corrected chi connectivity index (χ1v) is 8.14. The van der Waals surface area contributed by atoms with E-state index in [2.05, 4.69) is 15.8 Å². The van der Waals surface area contributed by atoms with Crippen molar-refractivity contribution in [1.29, 1.82) is 0 Å². The smallest absolute Gasteiger partial charge is 0.407 e. The summed E-state index contributed by atoms with van der Waals surface area (Å²) in [5.74, 6) is -0.840. The van der Waals surface area contributed by atoms with Crippen molar-refractivity contribution in [3.05, 3.63) is 71.5 Å².